The Morgan fingerprint density at radius 1 is 1.29 bits per heavy atom. The van der Waals surface area contributed by atoms with Gasteiger partial charge < -0.3 is 4.74 Å². The van der Waals surface area contributed by atoms with Gasteiger partial charge in [-0.15, -0.1) is 0 Å². The van der Waals surface area contributed by atoms with Crippen LogP contribution >= 0.6 is 0 Å². The fourth-order valence-corrected chi connectivity index (χ4v) is 3.24. The van der Waals surface area contributed by atoms with Gasteiger partial charge in [0, 0.05) is 5.92 Å². The Kier molecular flexibility index (Phi) is 1.89. The smallest absolute Gasteiger partial charge is 0.306 e. The van der Waals surface area contributed by atoms with Crippen LogP contribution in [0.25, 0.3) is 0 Å². The Labute approximate surface area is 84.3 Å². The summed E-state index contributed by atoms with van der Waals surface area (Å²) in [6.07, 6.45) is 9.46. The van der Waals surface area contributed by atoms with E-state index in [2.05, 4.69) is 6.08 Å². The Morgan fingerprint density at radius 2 is 2.21 bits per heavy atom. The second-order valence-electron chi connectivity index (χ2n) is 4.78. The molecule has 3 aliphatic rings. The first-order valence-electron chi connectivity index (χ1n) is 5.74. The van der Waals surface area contributed by atoms with Gasteiger partial charge in [0.05, 0.1) is 6.42 Å². The van der Waals surface area contributed by atoms with Crippen molar-refractivity contribution in [2.45, 2.75) is 44.6 Å². The van der Waals surface area contributed by atoms with Crippen molar-refractivity contribution in [1.82, 2.24) is 0 Å². The van der Waals surface area contributed by atoms with Crippen LogP contribution in [0.2, 0.25) is 0 Å². The third-order valence-electron chi connectivity index (χ3n) is 3.94. The summed E-state index contributed by atoms with van der Waals surface area (Å²) >= 11 is 0. The van der Waals surface area contributed by atoms with E-state index in [1.165, 1.54) is 37.7 Å². The summed E-state index contributed by atoms with van der Waals surface area (Å²) in [5.41, 5.74) is 1.46. The third-order valence-corrected chi connectivity index (χ3v) is 3.94. The lowest BCUT2D eigenvalue weighted by atomic mass is 9.72. The fourth-order valence-electron chi connectivity index (χ4n) is 3.24. The normalized spacial score (nSPS) is 41.0. The van der Waals surface area contributed by atoms with Crippen LogP contribution in [-0.2, 0) is 9.53 Å². The van der Waals surface area contributed by atoms with Crippen molar-refractivity contribution in [2.75, 3.05) is 0 Å². The second-order valence-corrected chi connectivity index (χ2v) is 4.78. The van der Waals surface area contributed by atoms with Gasteiger partial charge in [-0.25, -0.2) is 0 Å². The predicted octanol–water partition coefficient (Wildman–Crippen LogP) is 2.44. The minimum atomic E-state index is 0.0205. The first kappa shape index (κ1) is 8.51. The van der Waals surface area contributed by atoms with Crippen LogP contribution in [0.1, 0.15) is 38.5 Å². The van der Waals surface area contributed by atoms with E-state index in [-0.39, 0.29) is 12.1 Å². The molecular weight excluding hydrogens is 176 g/mol. The molecule has 1 heterocycles. The number of carbonyl (C=O) groups is 1. The maximum atomic E-state index is 11.2. The minimum Gasteiger partial charge on any atom is -0.457 e. The van der Waals surface area contributed by atoms with Gasteiger partial charge in [0.25, 0.3) is 0 Å². The predicted molar refractivity (Wildman–Crippen MR) is 52.6 cm³/mol. The van der Waals surface area contributed by atoms with E-state index >= 15 is 0 Å². The molecule has 3 atom stereocenters. The maximum Gasteiger partial charge on any atom is 0.306 e. The number of hydrogen-bond donors (Lipinski definition) is 0. The van der Waals surface area contributed by atoms with Gasteiger partial charge in [-0.3, -0.25) is 4.79 Å². The van der Waals surface area contributed by atoms with Crippen LogP contribution in [0.3, 0.4) is 0 Å². The van der Waals surface area contributed by atoms with Crippen LogP contribution in [0.5, 0.6) is 0 Å². The van der Waals surface area contributed by atoms with Gasteiger partial charge in [0.2, 0.25) is 0 Å². The van der Waals surface area contributed by atoms with Gasteiger partial charge in [0.15, 0.2) is 0 Å². The average Bonchev–Trinajstić information content (AvgIpc) is 2.59. The largest absolute Gasteiger partial charge is 0.457 e. The fraction of sp³-hybridized carbons (Fsp3) is 0.750. The molecule has 76 valence electrons. The van der Waals surface area contributed by atoms with Crippen molar-refractivity contribution >= 4 is 5.97 Å². The summed E-state index contributed by atoms with van der Waals surface area (Å²) in [5, 5.41) is 0. The van der Waals surface area contributed by atoms with Crippen LogP contribution in [0.15, 0.2) is 11.6 Å². The highest BCUT2D eigenvalue weighted by Crippen LogP contribution is 2.44. The van der Waals surface area contributed by atoms with Crippen LogP contribution in [0.4, 0.5) is 0 Å². The van der Waals surface area contributed by atoms with Crippen LogP contribution in [0, 0.1) is 11.8 Å². The molecule has 14 heavy (non-hydrogen) atoms. The first-order valence-corrected chi connectivity index (χ1v) is 5.74. The van der Waals surface area contributed by atoms with Gasteiger partial charge in [0.1, 0.15) is 6.10 Å². The van der Waals surface area contributed by atoms with Gasteiger partial charge >= 0.3 is 5.97 Å². The van der Waals surface area contributed by atoms with Crippen molar-refractivity contribution in [3.05, 3.63) is 11.6 Å². The number of rotatable bonds is 0. The lowest BCUT2D eigenvalue weighted by molar-refractivity contribution is -0.140. The Bertz CT molecular complexity index is 293. The number of allylic oxidation sites excluding steroid dienone is 1. The maximum absolute atomic E-state index is 11.2. The molecule has 2 fully saturated rings. The highest BCUT2D eigenvalue weighted by molar-refractivity contribution is 5.73. The van der Waals surface area contributed by atoms with Crippen molar-refractivity contribution in [1.29, 1.82) is 0 Å². The van der Waals surface area contributed by atoms with Gasteiger partial charge in [-0.1, -0.05) is 6.08 Å². The van der Waals surface area contributed by atoms with Gasteiger partial charge in [-0.05, 0) is 43.6 Å². The van der Waals surface area contributed by atoms with E-state index in [0.29, 0.717) is 12.3 Å². The monoisotopic (exact) mass is 192 g/mol. The molecule has 0 bridgehead atoms. The van der Waals surface area contributed by atoms with Crippen LogP contribution in [-0.4, -0.2) is 12.1 Å². The number of carbonyl (C=O) groups excluding carboxylic acids is 1. The topological polar surface area (TPSA) is 26.3 Å². The summed E-state index contributed by atoms with van der Waals surface area (Å²) in [7, 11) is 0. The molecule has 3 unspecified atom stereocenters. The Morgan fingerprint density at radius 3 is 3.14 bits per heavy atom. The molecule has 0 radical (unpaired) electrons. The molecule has 1 aliphatic heterocycles. The minimum absolute atomic E-state index is 0.0205. The molecule has 0 N–H and O–H groups in total. The van der Waals surface area contributed by atoms with Crippen molar-refractivity contribution in [2.24, 2.45) is 11.8 Å². The van der Waals surface area contributed by atoms with Crippen molar-refractivity contribution < 1.29 is 9.53 Å². The number of ether oxygens (including phenoxy) is 1. The second kappa shape index (κ2) is 3.11. The molecular formula is C12H16O2. The SMILES string of the molecule is O=C1CC2CCC3CCCC=C3C2O1. The van der Waals surface area contributed by atoms with Crippen molar-refractivity contribution in [3.63, 3.8) is 0 Å². The lowest BCUT2D eigenvalue weighted by Crippen LogP contribution is -2.31. The van der Waals surface area contributed by atoms with E-state index in [1.807, 2.05) is 0 Å². The van der Waals surface area contributed by atoms with Crippen molar-refractivity contribution in [3.8, 4) is 0 Å². The molecule has 2 aliphatic carbocycles. The summed E-state index contributed by atoms with van der Waals surface area (Å²) in [6.45, 7) is 0. The number of hydrogen-bond acceptors (Lipinski definition) is 2. The zero-order chi connectivity index (χ0) is 9.54. The summed E-state index contributed by atoms with van der Waals surface area (Å²) in [4.78, 5) is 11.2. The lowest BCUT2D eigenvalue weighted by Gasteiger charge is -2.35. The van der Waals surface area contributed by atoms with E-state index < -0.39 is 0 Å². The molecule has 0 aromatic rings. The van der Waals surface area contributed by atoms with E-state index in [9.17, 15) is 4.79 Å². The Balaban J connectivity index is 1.89. The number of esters is 1. The zero-order valence-electron chi connectivity index (χ0n) is 8.37. The quantitative estimate of drug-likeness (QED) is 0.435. The van der Waals surface area contributed by atoms with Crippen LogP contribution < -0.4 is 0 Å². The summed E-state index contributed by atoms with van der Waals surface area (Å²) in [6, 6.07) is 0. The van der Waals surface area contributed by atoms with Gasteiger partial charge in [-0.2, -0.15) is 0 Å². The summed E-state index contributed by atoms with van der Waals surface area (Å²) in [5.74, 6) is 1.26. The van der Waals surface area contributed by atoms with E-state index in [1.54, 1.807) is 0 Å². The molecule has 0 aromatic carbocycles. The molecule has 0 amide bonds. The molecule has 2 nitrogen and oxygen atoms in total. The zero-order valence-corrected chi connectivity index (χ0v) is 8.37. The van der Waals surface area contributed by atoms with E-state index in [4.69, 9.17) is 4.74 Å². The number of fused-ring (bicyclic) bond motifs is 3. The molecule has 1 saturated heterocycles. The Hall–Kier alpha value is -0.790. The average molecular weight is 192 g/mol. The highest BCUT2D eigenvalue weighted by Gasteiger charge is 2.43. The molecule has 3 rings (SSSR count). The standard InChI is InChI=1S/C12H16O2/c13-11-7-9-6-5-8-3-1-2-4-10(8)12(9)14-11/h4,8-9,12H,1-3,5-7H2. The first-order chi connectivity index (χ1) is 6.84. The highest BCUT2D eigenvalue weighted by atomic mass is 16.5. The third kappa shape index (κ3) is 1.20. The molecule has 1 saturated carbocycles. The molecule has 0 aromatic heterocycles. The summed E-state index contributed by atoms with van der Waals surface area (Å²) < 4.78 is 5.43. The molecule has 2 heteroatoms. The van der Waals surface area contributed by atoms with E-state index in [0.717, 1.165) is 5.92 Å². The molecule has 0 spiro atoms.